The van der Waals surface area contributed by atoms with Crippen molar-refractivity contribution < 1.29 is 14.1 Å². The lowest BCUT2D eigenvalue weighted by atomic mass is 9.91. The van der Waals surface area contributed by atoms with Crippen LogP contribution >= 0.6 is 0 Å². The van der Waals surface area contributed by atoms with Crippen molar-refractivity contribution >= 4 is 5.78 Å². The van der Waals surface area contributed by atoms with E-state index in [1.807, 2.05) is 49.3 Å². The molecule has 1 atom stereocenters. The number of hydrogen-bond donors (Lipinski definition) is 1. The molecule has 1 aliphatic rings. The molecular weight excluding hydrogens is 252 g/mol. The Bertz CT molecular complexity index is 632. The summed E-state index contributed by atoms with van der Waals surface area (Å²) in [6, 6.07) is 4.02. The second kappa shape index (κ2) is 5.12. The van der Waals surface area contributed by atoms with Crippen molar-refractivity contribution in [1.29, 1.82) is 0 Å². The van der Waals surface area contributed by atoms with Gasteiger partial charge in [0.25, 0.3) is 0 Å². The van der Waals surface area contributed by atoms with Crippen molar-refractivity contribution in [2.24, 2.45) is 5.92 Å². The lowest BCUT2D eigenvalue weighted by Gasteiger charge is -2.13. The Morgan fingerprint density at radius 1 is 1.35 bits per heavy atom. The Labute approximate surface area is 118 Å². The smallest absolute Gasteiger partial charge is 0.241 e. The van der Waals surface area contributed by atoms with Crippen molar-refractivity contribution in [3.05, 3.63) is 47.5 Å². The number of aromatic nitrogens is 2. The molecule has 0 aliphatic carbocycles. The predicted octanol–water partition coefficient (Wildman–Crippen LogP) is 2.20. The van der Waals surface area contributed by atoms with Crippen LogP contribution in [-0.2, 0) is 6.54 Å². The number of fused-ring (bicyclic) bond motifs is 1. The fourth-order valence-electron chi connectivity index (χ4n) is 2.78. The summed E-state index contributed by atoms with van der Waals surface area (Å²) in [6.07, 6.45) is 6.44. The van der Waals surface area contributed by atoms with E-state index >= 15 is 0 Å². The topological polar surface area (TPSA) is 46.0 Å². The second-order valence-electron chi connectivity index (χ2n) is 5.41. The Morgan fingerprint density at radius 3 is 2.90 bits per heavy atom. The quantitative estimate of drug-likeness (QED) is 0.851. The van der Waals surface area contributed by atoms with Crippen LogP contribution in [0, 0.1) is 19.8 Å². The normalized spacial score (nSPS) is 18.3. The Morgan fingerprint density at radius 2 is 2.15 bits per heavy atom. The molecule has 4 nitrogen and oxygen atoms in total. The summed E-state index contributed by atoms with van der Waals surface area (Å²) in [6.45, 7) is 5.26. The number of nitrogens with one attached hydrogen (secondary N) is 1. The highest BCUT2D eigenvalue weighted by atomic mass is 16.5. The zero-order valence-corrected chi connectivity index (χ0v) is 11.8. The molecule has 1 aliphatic heterocycles. The third-order valence-corrected chi connectivity index (χ3v) is 3.93. The van der Waals surface area contributed by atoms with E-state index in [1.54, 1.807) is 0 Å². The highest BCUT2D eigenvalue weighted by Crippen LogP contribution is 2.32. The van der Waals surface area contributed by atoms with Crippen molar-refractivity contribution in [3.63, 3.8) is 0 Å². The standard InChI is InChI=1S/C16H18N2O2/c1-11-3-4-12(2)16-14(11)15(19)13(5-8-20-16)9-18-7-6-17-10-18/h3-4,6-7,10,13H,5,8-9H2,1-2H3/p+1. The maximum absolute atomic E-state index is 12.8. The van der Waals surface area contributed by atoms with Crippen LogP contribution in [0.5, 0.6) is 5.75 Å². The zero-order chi connectivity index (χ0) is 14.1. The van der Waals surface area contributed by atoms with Crippen molar-refractivity contribution in [2.45, 2.75) is 26.8 Å². The molecule has 20 heavy (non-hydrogen) atoms. The Hall–Kier alpha value is -2.10. The average molecular weight is 271 g/mol. The van der Waals surface area contributed by atoms with Gasteiger partial charge in [-0.3, -0.25) is 9.78 Å². The van der Waals surface area contributed by atoms with Gasteiger partial charge in [0.15, 0.2) is 5.78 Å². The summed E-state index contributed by atoms with van der Waals surface area (Å²) in [5.74, 6) is 0.946. The second-order valence-corrected chi connectivity index (χ2v) is 5.41. The molecule has 1 unspecified atom stereocenters. The molecule has 0 radical (unpaired) electrons. The number of imidazole rings is 1. The van der Waals surface area contributed by atoms with Crippen LogP contribution in [-0.4, -0.2) is 17.4 Å². The van der Waals surface area contributed by atoms with Gasteiger partial charge in [-0.15, -0.1) is 0 Å². The first-order valence-electron chi connectivity index (χ1n) is 6.96. The number of ether oxygens (including phenoxy) is 1. The first-order chi connectivity index (χ1) is 9.66. The van der Waals surface area contributed by atoms with Gasteiger partial charge in [-0.05, 0) is 31.4 Å². The first kappa shape index (κ1) is 12.9. The van der Waals surface area contributed by atoms with E-state index in [4.69, 9.17) is 4.74 Å². The van der Waals surface area contributed by atoms with Gasteiger partial charge in [0.2, 0.25) is 6.33 Å². The first-order valence-corrected chi connectivity index (χ1v) is 6.96. The molecule has 104 valence electrons. The van der Waals surface area contributed by atoms with E-state index in [0.29, 0.717) is 13.2 Å². The van der Waals surface area contributed by atoms with Gasteiger partial charge < -0.3 is 4.74 Å². The zero-order valence-electron chi connectivity index (χ0n) is 11.8. The number of aryl methyl sites for hydroxylation is 2. The molecule has 1 N–H and O–H groups in total. The maximum atomic E-state index is 12.8. The van der Waals surface area contributed by atoms with Crippen molar-refractivity contribution in [2.75, 3.05) is 6.61 Å². The molecule has 0 saturated carbocycles. The van der Waals surface area contributed by atoms with E-state index in [0.717, 1.165) is 28.9 Å². The molecule has 1 aromatic heterocycles. The molecule has 1 aromatic carbocycles. The summed E-state index contributed by atoms with van der Waals surface area (Å²) >= 11 is 0. The largest absolute Gasteiger partial charge is 0.493 e. The van der Waals surface area contributed by atoms with E-state index in [2.05, 4.69) is 4.98 Å². The lowest BCUT2D eigenvalue weighted by molar-refractivity contribution is -0.699. The van der Waals surface area contributed by atoms with Crippen LogP contribution in [0.25, 0.3) is 0 Å². The minimum absolute atomic E-state index is 0.0300. The van der Waals surface area contributed by atoms with Crippen molar-refractivity contribution in [3.8, 4) is 5.75 Å². The summed E-state index contributed by atoms with van der Waals surface area (Å²) < 4.78 is 7.85. The molecule has 4 heteroatoms. The summed E-state index contributed by atoms with van der Waals surface area (Å²) in [4.78, 5) is 15.8. The number of benzene rings is 1. The minimum Gasteiger partial charge on any atom is -0.493 e. The third-order valence-electron chi connectivity index (χ3n) is 3.93. The maximum Gasteiger partial charge on any atom is 0.241 e. The number of carbonyl (C=O) groups is 1. The number of rotatable bonds is 2. The molecule has 0 fully saturated rings. The van der Waals surface area contributed by atoms with Gasteiger partial charge in [-0.1, -0.05) is 12.1 Å². The van der Waals surface area contributed by atoms with E-state index in [-0.39, 0.29) is 11.7 Å². The lowest BCUT2D eigenvalue weighted by Crippen LogP contribution is -2.38. The number of carbonyl (C=O) groups excluding carboxylic acids is 1. The number of Topliss-reactive ketones (excluding diaryl/α,β-unsaturated/α-hetero) is 1. The average Bonchev–Trinajstić information content (AvgIpc) is 2.87. The number of aromatic amines is 1. The summed E-state index contributed by atoms with van der Waals surface area (Å²) in [7, 11) is 0. The fraction of sp³-hybridized carbons (Fsp3) is 0.375. The van der Waals surface area contributed by atoms with Gasteiger partial charge in [-0.2, -0.15) is 0 Å². The van der Waals surface area contributed by atoms with Crippen LogP contribution in [0.15, 0.2) is 30.9 Å². The van der Waals surface area contributed by atoms with Gasteiger partial charge in [-0.25, -0.2) is 4.57 Å². The van der Waals surface area contributed by atoms with Crippen LogP contribution < -0.4 is 9.30 Å². The number of ketones is 1. The molecule has 0 bridgehead atoms. The highest BCUT2D eigenvalue weighted by molar-refractivity contribution is 6.02. The van der Waals surface area contributed by atoms with Crippen LogP contribution in [0.1, 0.15) is 27.9 Å². The van der Waals surface area contributed by atoms with E-state index in [9.17, 15) is 4.79 Å². The monoisotopic (exact) mass is 271 g/mol. The predicted molar refractivity (Wildman–Crippen MR) is 74.8 cm³/mol. The van der Waals surface area contributed by atoms with E-state index < -0.39 is 0 Å². The molecule has 2 heterocycles. The molecule has 0 saturated heterocycles. The fourth-order valence-corrected chi connectivity index (χ4v) is 2.78. The molecule has 0 spiro atoms. The van der Waals surface area contributed by atoms with Crippen LogP contribution in [0.2, 0.25) is 0 Å². The van der Waals surface area contributed by atoms with Gasteiger partial charge in [0, 0.05) is 0 Å². The Kier molecular flexibility index (Phi) is 3.30. The van der Waals surface area contributed by atoms with E-state index in [1.165, 1.54) is 0 Å². The number of hydrogen-bond acceptors (Lipinski definition) is 2. The minimum atomic E-state index is -0.0300. The van der Waals surface area contributed by atoms with Crippen LogP contribution in [0.3, 0.4) is 0 Å². The number of H-pyrrole nitrogens is 1. The van der Waals surface area contributed by atoms with Gasteiger partial charge in [0.1, 0.15) is 24.7 Å². The summed E-state index contributed by atoms with van der Waals surface area (Å²) in [5.41, 5.74) is 2.80. The molecule has 3 rings (SSSR count). The molecule has 2 aromatic rings. The van der Waals surface area contributed by atoms with Gasteiger partial charge >= 0.3 is 0 Å². The third kappa shape index (κ3) is 2.22. The number of nitrogens with zero attached hydrogens (tertiary/aromatic N) is 1. The summed E-state index contributed by atoms with van der Waals surface area (Å²) in [5, 5.41) is 0. The highest BCUT2D eigenvalue weighted by Gasteiger charge is 2.30. The van der Waals surface area contributed by atoms with Gasteiger partial charge in [0.05, 0.1) is 18.1 Å². The van der Waals surface area contributed by atoms with Crippen molar-refractivity contribution in [1.82, 2.24) is 4.98 Å². The van der Waals surface area contributed by atoms with Crippen LogP contribution in [0.4, 0.5) is 0 Å². The molecular formula is C16H19N2O2+. The SMILES string of the molecule is Cc1ccc(C)c2c1OCCC(C[n+]1cc[nH]c1)C2=O. The Balaban J connectivity index is 1.97. The molecule has 0 amide bonds.